The summed E-state index contributed by atoms with van der Waals surface area (Å²) < 4.78 is 6.72. The van der Waals surface area contributed by atoms with Crippen LogP contribution in [-0.2, 0) is 10.5 Å². The molecule has 2 heterocycles. The van der Waals surface area contributed by atoms with E-state index in [0.29, 0.717) is 6.42 Å². The van der Waals surface area contributed by atoms with E-state index in [4.69, 9.17) is 4.74 Å². The minimum atomic E-state index is -1.37. The topological polar surface area (TPSA) is 105 Å². The Bertz CT molecular complexity index is 653. The molecular formula is C13H16N2O5. The van der Waals surface area contributed by atoms with Crippen LogP contribution in [0.4, 0.5) is 0 Å². The zero-order chi connectivity index (χ0) is 14.8. The maximum atomic E-state index is 11.9. The lowest BCUT2D eigenvalue weighted by Gasteiger charge is -2.25. The van der Waals surface area contributed by atoms with E-state index in [1.54, 1.807) is 0 Å². The standard InChI is InChI=1S/C13H16N2O5/c1-2-3-5-13(7-9(17)10(8-16)20-13)15-6-4-11(18)14-12(15)19/h4,6,9-10,16-17H,2,7-8H2,1H3,(H,14,18,19)/t9-,10+,13+/m0/s1. The van der Waals surface area contributed by atoms with Gasteiger partial charge in [-0.15, -0.1) is 0 Å². The van der Waals surface area contributed by atoms with Crippen LogP contribution in [0.1, 0.15) is 19.8 Å². The van der Waals surface area contributed by atoms with Crippen molar-refractivity contribution in [1.29, 1.82) is 0 Å². The van der Waals surface area contributed by atoms with Gasteiger partial charge in [-0.3, -0.25) is 14.3 Å². The Kier molecular flexibility index (Phi) is 4.09. The van der Waals surface area contributed by atoms with E-state index < -0.39 is 29.2 Å². The first-order valence-electron chi connectivity index (χ1n) is 6.31. The number of aromatic amines is 1. The third-order valence-corrected chi connectivity index (χ3v) is 3.11. The Morgan fingerprint density at radius 1 is 1.60 bits per heavy atom. The second-order valence-corrected chi connectivity index (χ2v) is 4.53. The van der Waals surface area contributed by atoms with Crippen molar-refractivity contribution in [1.82, 2.24) is 9.55 Å². The molecule has 0 bridgehead atoms. The van der Waals surface area contributed by atoms with Gasteiger partial charge >= 0.3 is 5.69 Å². The second kappa shape index (κ2) is 5.63. The second-order valence-electron chi connectivity index (χ2n) is 4.53. The molecule has 0 saturated carbocycles. The number of H-pyrrole nitrogens is 1. The molecule has 1 aromatic heterocycles. The van der Waals surface area contributed by atoms with Gasteiger partial charge in [0.1, 0.15) is 6.10 Å². The summed E-state index contributed by atoms with van der Waals surface area (Å²) in [6.45, 7) is 1.46. The average molecular weight is 280 g/mol. The average Bonchev–Trinajstić information content (AvgIpc) is 2.73. The van der Waals surface area contributed by atoms with Gasteiger partial charge in [-0.1, -0.05) is 12.8 Å². The summed E-state index contributed by atoms with van der Waals surface area (Å²) in [7, 11) is 0. The normalized spacial score (nSPS) is 28.9. The van der Waals surface area contributed by atoms with Crippen molar-refractivity contribution >= 4 is 0 Å². The molecule has 7 heteroatoms. The quantitative estimate of drug-likeness (QED) is 0.587. The molecule has 1 fully saturated rings. The zero-order valence-corrected chi connectivity index (χ0v) is 11.0. The third kappa shape index (κ3) is 2.54. The van der Waals surface area contributed by atoms with Gasteiger partial charge in [-0.2, -0.15) is 0 Å². The lowest BCUT2D eigenvalue weighted by atomic mass is 10.1. The molecule has 0 spiro atoms. The number of aromatic nitrogens is 2. The van der Waals surface area contributed by atoms with Crippen molar-refractivity contribution in [3.63, 3.8) is 0 Å². The highest BCUT2D eigenvalue weighted by atomic mass is 16.6. The predicted molar refractivity (Wildman–Crippen MR) is 69.9 cm³/mol. The number of rotatable bonds is 2. The first-order valence-corrected chi connectivity index (χ1v) is 6.31. The fourth-order valence-electron chi connectivity index (χ4n) is 2.17. The van der Waals surface area contributed by atoms with E-state index in [2.05, 4.69) is 16.8 Å². The fourth-order valence-corrected chi connectivity index (χ4v) is 2.17. The summed E-state index contributed by atoms with van der Waals surface area (Å²) >= 11 is 0. The molecule has 0 aromatic carbocycles. The number of hydrogen-bond donors (Lipinski definition) is 3. The molecule has 1 aromatic rings. The molecule has 20 heavy (non-hydrogen) atoms. The lowest BCUT2D eigenvalue weighted by Crippen LogP contribution is -2.43. The Hall–Kier alpha value is -1.88. The van der Waals surface area contributed by atoms with Gasteiger partial charge in [0.05, 0.1) is 12.7 Å². The molecule has 1 aliphatic rings. The number of aliphatic hydroxyl groups excluding tert-OH is 2. The van der Waals surface area contributed by atoms with Crippen molar-refractivity contribution in [2.24, 2.45) is 0 Å². The van der Waals surface area contributed by atoms with Crippen LogP contribution < -0.4 is 11.2 Å². The van der Waals surface area contributed by atoms with Gasteiger partial charge in [0.25, 0.3) is 5.56 Å². The van der Waals surface area contributed by atoms with Gasteiger partial charge in [0.15, 0.2) is 0 Å². The smallest absolute Gasteiger partial charge is 0.331 e. The van der Waals surface area contributed by atoms with Crippen molar-refractivity contribution in [3.05, 3.63) is 33.1 Å². The zero-order valence-electron chi connectivity index (χ0n) is 11.0. The summed E-state index contributed by atoms with van der Waals surface area (Å²) in [4.78, 5) is 25.2. The maximum absolute atomic E-state index is 11.9. The van der Waals surface area contributed by atoms with E-state index in [9.17, 15) is 19.8 Å². The molecule has 0 amide bonds. The molecule has 2 rings (SSSR count). The number of aliphatic hydroxyl groups is 2. The molecule has 3 N–H and O–H groups in total. The summed E-state index contributed by atoms with van der Waals surface area (Å²) in [5, 5.41) is 19.1. The first kappa shape index (κ1) is 14.5. The number of nitrogens with zero attached hydrogens (tertiary/aromatic N) is 1. The molecule has 0 aliphatic carbocycles. The van der Waals surface area contributed by atoms with Crippen molar-refractivity contribution in [2.75, 3.05) is 6.61 Å². The Morgan fingerprint density at radius 2 is 2.35 bits per heavy atom. The monoisotopic (exact) mass is 280 g/mol. The summed E-state index contributed by atoms with van der Waals surface area (Å²) in [5.74, 6) is 5.63. The Labute approximate surface area is 114 Å². The van der Waals surface area contributed by atoms with Crippen LogP contribution in [0, 0.1) is 11.8 Å². The van der Waals surface area contributed by atoms with Crippen LogP contribution >= 0.6 is 0 Å². The Morgan fingerprint density at radius 3 is 2.90 bits per heavy atom. The minimum absolute atomic E-state index is 0.0389. The first-order chi connectivity index (χ1) is 9.52. The highest BCUT2D eigenvalue weighted by Gasteiger charge is 2.47. The molecular weight excluding hydrogens is 264 g/mol. The third-order valence-electron chi connectivity index (χ3n) is 3.11. The summed E-state index contributed by atoms with van der Waals surface area (Å²) in [5.41, 5.74) is -2.57. The minimum Gasteiger partial charge on any atom is -0.394 e. The van der Waals surface area contributed by atoms with E-state index in [0.717, 1.165) is 4.57 Å². The van der Waals surface area contributed by atoms with Crippen LogP contribution in [0.5, 0.6) is 0 Å². The van der Waals surface area contributed by atoms with Crippen LogP contribution in [0.25, 0.3) is 0 Å². The van der Waals surface area contributed by atoms with Gasteiger partial charge in [0, 0.05) is 25.1 Å². The number of hydrogen-bond acceptors (Lipinski definition) is 5. The fraction of sp³-hybridized carbons (Fsp3) is 0.538. The van der Waals surface area contributed by atoms with E-state index in [1.165, 1.54) is 12.3 Å². The number of ether oxygens (including phenoxy) is 1. The van der Waals surface area contributed by atoms with Gasteiger partial charge < -0.3 is 14.9 Å². The highest BCUT2D eigenvalue weighted by molar-refractivity contribution is 5.16. The summed E-state index contributed by atoms with van der Waals surface area (Å²) in [6, 6.07) is 1.18. The van der Waals surface area contributed by atoms with E-state index >= 15 is 0 Å². The van der Waals surface area contributed by atoms with Crippen molar-refractivity contribution < 1.29 is 14.9 Å². The van der Waals surface area contributed by atoms with Gasteiger partial charge in [-0.05, 0) is 5.92 Å². The Balaban J connectivity index is 2.54. The molecule has 7 nitrogen and oxygen atoms in total. The van der Waals surface area contributed by atoms with Crippen molar-refractivity contribution in [2.45, 2.75) is 37.7 Å². The molecule has 0 radical (unpaired) electrons. The van der Waals surface area contributed by atoms with E-state index in [1.807, 2.05) is 6.92 Å². The van der Waals surface area contributed by atoms with Crippen LogP contribution in [-0.4, -0.2) is 38.6 Å². The van der Waals surface area contributed by atoms with Gasteiger partial charge in [0.2, 0.25) is 5.72 Å². The predicted octanol–water partition coefficient (Wildman–Crippen LogP) is -1.26. The lowest BCUT2D eigenvalue weighted by molar-refractivity contribution is -0.0837. The largest absolute Gasteiger partial charge is 0.394 e. The molecule has 3 atom stereocenters. The molecule has 0 unspecified atom stereocenters. The molecule has 108 valence electrons. The summed E-state index contributed by atoms with van der Waals surface area (Å²) in [6.07, 6.45) is 0.100. The van der Waals surface area contributed by atoms with Crippen molar-refractivity contribution in [3.8, 4) is 11.8 Å². The number of nitrogens with one attached hydrogen (secondary N) is 1. The maximum Gasteiger partial charge on any atom is 0.331 e. The molecule has 1 saturated heterocycles. The SMILES string of the molecule is CCC#C[C@]1(n2ccc(=O)[nH]c2=O)C[C@H](O)[C@@H](CO)O1. The molecule has 1 aliphatic heterocycles. The van der Waals surface area contributed by atoms with E-state index in [-0.39, 0.29) is 13.0 Å². The van der Waals surface area contributed by atoms with Crippen LogP contribution in [0.15, 0.2) is 21.9 Å². The van der Waals surface area contributed by atoms with Crippen LogP contribution in [0.2, 0.25) is 0 Å². The van der Waals surface area contributed by atoms with Crippen LogP contribution in [0.3, 0.4) is 0 Å². The highest BCUT2D eigenvalue weighted by Crippen LogP contribution is 2.33. The van der Waals surface area contributed by atoms with Gasteiger partial charge in [-0.25, -0.2) is 4.79 Å².